The first-order valence-electron chi connectivity index (χ1n) is 5.44. The van der Waals surface area contributed by atoms with Crippen LogP contribution in [0.5, 0.6) is 5.75 Å². The van der Waals surface area contributed by atoms with Crippen molar-refractivity contribution in [3.63, 3.8) is 0 Å². The minimum atomic E-state index is -1.03. The molecule has 0 aromatic heterocycles. The standard InChI is InChI=1S/C12H15NO5/c14-11(15)4-5-13-7-9-2-1-3-10(6-9)18-8-12(16)17/h1-3,6,13H,4-5,7-8H2,(H,14,15)(H,16,17). The molecule has 0 spiro atoms. The number of benzene rings is 1. The van der Waals surface area contributed by atoms with Crippen LogP contribution in [0, 0.1) is 0 Å². The maximum Gasteiger partial charge on any atom is 0.341 e. The van der Waals surface area contributed by atoms with E-state index in [0.29, 0.717) is 18.8 Å². The van der Waals surface area contributed by atoms with Crippen LogP contribution in [-0.2, 0) is 16.1 Å². The number of carbonyl (C=O) groups is 2. The third kappa shape index (κ3) is 5.86. The topological polar surface area (TPSA) is 95.9 Å². The molecule has 1 aromatic rings. The minimum Gasteiger partial charge on any atom is -0.482 e. The van der Waals surface area contributed by atoms with Crippen LogP contribution in [0.25, 0.3) is 0 Å². The molecule has 0 bridgehead atoms. The second-order valence-electron chi connectivity index (χ2n) is 3.65. The molecule has 1 rings (SSSR count). The molecule has 98 valence electrons. The van der Waals surface area contributed by atoms with E-state index in [2.05, 4.69) is 5.32 Å². The highest BCUT2D eigenvalue weighted by Gasteiger charge is 2.01. The van der Waals surface area contributed by atoms with E-state index in [-0.39, 0.29) is 13.0 Å². The van der Waals surface area contributed by atoms with Crippen molar-refractivity contribution in [2.45, 2.75) is 13.0 Å². The smallest absolute Gasteiger partial charge is 0.341 e. The summed E-state index contributed by atoms with van der Waals surface area (Å²) in [5, 5.41) is 19.9. The summed E-state index contributed by atoms with van der Waals surface area (Å²) in [7, 11) is 0. The molecule has 6 heteroatoms. The predicted molar refractivity (Wildman–Crippen MR) is 63.5 cm³/mol. The van der Waals surface area contributed by atoms with E-state index in [0.717, 1.165) is 5.56 Å². The van der Waals surface area contributed by atoms with Gasteiger partial charge in [-0.3, -0.25) is 4.79 Å². The van der Waals surface area contributed by atoms with Gasteiger partial charge in [-0.25, -0.2) is 4.79 Å². The van der Waals surface area contributed by atoms with Gasteiger partial charge in [0.15, 0.2) is 6.61 Å². The van der Waals surface area contributed by atoms with E-state index in [1.807, 2.05) is 6.07 Å². The molecular formula is C12H15NO5. The van der Waals surface area contributed by atoms with Gasteiger partial charge in [0, 0.05) is 13.1 Å². The molecule has 0 radical (unpaired) electrons. The molecule has 0 aliphatic rings. The summed E-state index contributed by atoms with van der Waals surface area (Å²) in [5.41, 5.74) is 0.906. The molecule has 1 aromatic carbocycles. The predicted octanol–water partition coefficient (Wildman–Crippen LogP) is 0.714. The fourth-order valence-electron chi connectivity index (χ4n) is 1.32. The number of carboxylic acids is 2. The van der Waals surface area contributed by atoms with E-state index >= 15 is 0 Å². The Hall–Kier alpha value is -2.08. The zero-order chi connectivity index (χ0) is 13.4. The van der Waals surface area contributed by atoms with E-state index in [1.54, 1.807) is 18.2 Å². The number of ether oxygens (including phenoxy) is 1. The van der Waals surface area contributed by atoms with E-state index < -0.39 is 11.9 Å². The molecule has 0 fully saturated rings. The maximum atomic E-state index is 10.3. The van der Waals surface area contributed by atoms with Crippen molar-refractivity contribution in [2.24, 2.45) is 0 Å². The zero-order valence-corrected chi connectivity index (χ0v) is 9.76. The fraction of sp³-hybridized carbons (Fsp3) is 0.333. The molecular weight excluding hydrogens is 238 g/mol. The third-order valence-corrected chi connectivity index (χ3v) is 2.11. The highest BCUT2D eigenvalue weighted by molar-refractivity contribution is 5.68. The first-order valence-corrected chi connectivity index (χ1v) is 5.44. The summed E-state index contributed by atoms with van der Waals surface area (Å²) in [6.45, 7) is 0.517. The summed E-state index contributed by atoms with van der Waals surface area (Å²) in [4.78, 5) is 20.6. The van der Waals surface area contributed by atoms with Gasteiger partial charge in [-0.05, 0) is 17.7 Å². The lowest BCUT2D eigenvalue weighted by molar-refractivity contribution is -0.139. The monoisotopic (exact) mass is 253 g/mol. The van der Waals surface area contributed by atoms with Crippen LogP contribution in [-0.4, -0.2) is 35.3 Å². The average molecular weight is 253 g/mol. The summed E-state index contributed by atoms with van der Waals surface area (Å²) in [6, 6.07) is 6.99. The van der Waals surface area contributed by atoms with Crippen molar-refractivity contribution in [1.82, 2.24) is 5.32 Å². The Labute approximate surface area is 104 Å². The summed E-state index contributed by atoms with van der Waals surface area (Å²) < 4.78 is 5.03. The number of hydrogen-bond acceptors (Lipinski definition) is 4. The molecule has 18 heavy (non-hydrogen) atoms. The lowest BCUT2D eigenvalue weighted by Crippen LogP contribution is -2.17. The van der Waals surface area contributed by atoms with Crippen molar-refractivity contribution >= 4 is 11.9 Å². The minimum absolute atomic E-state index is 0.0647. The van der Waals surface area contributed by atoms with Crippen LogP contribution >= 0.6 is 0 Å². The van der Waals surface area contributed by atoms with Gasteiger partial charge in [-0.15, -0.1) is 0 Å². The molecule has 0 aliphatic heterocycles. The highest BCUT2D eigenvalue weighted by Crippen LogP contribution is 2.13. The van der Waals surface area contributed by atoms with Gasteiger partial charge in [0.2, 0.25) is 0 Å². The van der Waals surface area contributed by atoms with Gasteiger partial charge in [-0.1, -0.05) is 12.1 Å². The summed E-state index contributed by atoms with van der Waals surface area (Å²) >= 11 is 0. The molecule has 0 saturated carbocycles. The number of carboxylic acid groups (broad SMARTS) is 2. The van der Waals surface area contributed by atoms with Crippen molar-refractivity contribution < 1.29 is 24.5 Å². The molecule has 3 N–H and O–H groups in total. The molecule has 0 amide bonds. The van der Waals surface area contributed by atoms with Gasteiger partial charge in [0.1, 0.15) is 5.75 Å². The highest BCUT2D eigenvalue weighted by atomic mass is 16.5. The Bertz CT molecular complexity index is 419. The Balaban J connectivity index is 2.39. The fourth-order valence-corrected chi connectivity index (χ4v) is 1.32. The molecule has 0 aliphatic carbocycles. The Morgan fingerprint density at radius 3 is 2.67 bits per heavy atom. The van der Waals surface area contributed by atoms with Crippen molar-refractivity contribution in [1.29, 1.82) is 0 Å². The van der Waals surface area contributed by atoms with Gasteiger partial charge in [0.25, 0.3) is 0 Å². The van der Waals surface area contributed by atoms with Crippen LogP contribution in [0.15, 0.2) is 24.3 Å². The van der Waals surface area contributed by atoms with E-state index in [9.17, 15) is 9.59 Å². The molecule has 0 saturated heterocycles. The molecule has 0 unspecified atom stereocenters. The first-order chi connectivity index (χ1) is 8.58. The maximum absolute atomic E-state index is 10.3. The van der Waals surface area contributed by atoms with E-state index in [4.69, 9.17) is 14.9 Å². The number of hydrogen-bond donors (Lipinski definition) is 3. The quantitative estimate of drug-likeness (QED) is 0.591. The van der Waals surface area contributed by atoms with Crippen molar-refractivity contribution in [3.8, 4) is 5.75 Å². The third-order valence-electron chi connectivity index (χ3n) is 2.11. The summed E-state index contributed by atoms with van der Waals surface area (Å²) in [5.74, 6) is -1.39. The number of aliphatic carboxylic acids is 2. The van der Waals surface area contributed by atoms with Crippen LogP contribution < -0.4 is 10.1 Å². The van der Waals surface area contributed by atoms with Gasteiger partial charge in [0.05, 0.1) is 6.42 Å². The van der Waals surface area contributed by atoms with Gasteiger partial charge >= 0.3 is 11.9 Å². The second-order valence-corrected chi connectivity index (χ2v) is 3.65. The second kappa shape index (κ2) is 7.29. The molecule has 0 atom stereocenters. The Morgan fingerprint density at radius 1 is 1.22 bits per heavy atom. The zero-order valence-electron chi connectivity index (χ0n) is 9.76. The van der Waals surface area contributed by atoms with Gasteiger partial charge in [-0.2, -0.15) is 0 Å². The summed E-state index contributed by atoms with van der Waals surface area (Å²) in [6.07, 6.45) is 0.0647. The van der Waals surface area contributed by atoms with Crippen molar-refractivity contribution in [2.75, 3.05) is 13.2 Å². The Morgan fingerprint density at radius 2 is 2.00 bits per heavy atom. The van der Waals surface area contributed by atoms with Gasteiger partial charge < -0.3 is 20.3 Å². The average Bonchev–Trinajstić information content (AvgIpc) is 2.32. The molecule has 6 nitrogen and oxygen atoms in total. The van der Waals surface area contributed by atoms with Crippen LogP contribution in [0.2, 0.25) is 0 Å². The van der Waals surface area contributed by atoms with Crippen LogP contribution in [0.4, 0.5) is 0 Å². The largest absolute Gasteiger partial charge is 0.482 e. The molecule has 0 heterocycles. The lowest BCUT2D eigenvalue weighted by Gasteiger charge is -2.07. The van der Waals surface area contributed by atoms with E-state index in [1.165, 1.54) is 0 Å². The Kier molecular flexibility index (Phi) is 5.66. The number of nitrogens with one attached hydrogen (secondary N) is 1. The van der Waals surface area contributed by atoms with Crippen LogP contribution in [0.3, 0.4) is 0 Å². The first kappa shape index (κ1) is 14.0. The van der Waals surface area contributed by atoms with Crippen LogP contribution in [0.1, 0.15) is 12.0 Å². The number of rotatable bonds is 8. The van der Waals surface area contributed by atoms with Crippen molar-refractivity contribution in [3.05, 3.63) is 29.8 Å². The lowest BCUT2D eigenvalue weighted by atomic mass is 10.2. The SMILES string of the molecule is O=C(O)CCNCc1cccc(OCC(=O)O)c1. The normalized spacial score (nSPS) is 10.0.